The number of alkyl halides is 2. The average Bonchev–Trinajstić information content (AvgIpc) is 3.08. The lowest BCUT2D eigenvalue weighted by molar-refractivity contribution is -0.229. The summed E-state index contributed by atoms with van der Waals surface area (Å²) in [4.78, 5) is 49.6. The number of hydrogen-bond donors (Lipinski definition) is 1. The maximum absolute atomic E-state index is 17.2. The van der Waals surface area contributed by atoms with Crippen molar-refractivity contribution in [3.63, 3.8) is 0 Å². The molecular formula is C27H34F2O7. The number of rotatable bonds is 6. The predicted octanol–water partition coefficient (Wildman–Crippen LogP) is 3.52. The molecule has 3 fully saturated rings. The smallest absolute Gasteiger partial charge is 0.306 e. The Balaban J connectivity index is 1.80. The van der Waals surface area contributed by atoms with E-state index in [1.165, 1.54) is 19.1 Å². The molecule has 0 aromatic heterocycles. The summed E-state index contributed by atoms with van der Waals surface area (Å²) in [6.45, 7) is 5.50. The fourth-order valence-electron chi connectivity index (χ4n) is 7.61. The molecule has 4 rings (SSSR count). The molecule has 0 aliphatic heterocycles. The van der Waals surface area contributed by atoms with Crippen molar-refractivity contribution in [2.75, 3.05) is 6.61 Å². The number of aliphatic hydroxyl groups excluding tert-OH is 1. The summed E-state index contributed by atoms with van der Waals surface area (Å²) < 4.78 is 43.6. The van der Waals surface area contributed by atoms with Crippen molar-refractivity contribution < 1.29 is 42.5 Å². The van der Waals surface area contributed by atoms with Crippen molar-refractivity contribution in [3.8, 4) is 0 Å². The highest BCUT2D eigenvalue weighted by atomic mass is 19.1. The molecule has 0 saturated heterocycles. The van der Waals surface area contributed by atoms with Crippen LogP contribution in [0.3, 0.4) is 0 Å². The highest BCUT2D eigenvalue weighted by molar-refractivity contribution is 6.01. The van der Waals surface area contributed by atoms with Crippen LogP contribution in [0, 0.1) is 22.7 Å². The first-order chi connectivity index (χ1) is 16.8. The summed E-state index contributed by atoms with van der Waals surface area (Å²) in [6.07, 6.45) is 0.783. The molecule has 4 aliphatic carbocycles. The molecule has 198 valence electrons. The van der Waals surface area contributed by atoms with Gasteiger partial charge in [0.15, 0.2) is 23.7 Å². The van der Waals surface area contributed by atoms with Crippen molar-refractivity contribution in [1.29, 1.82) is 0 Å². The second kappa shape index (κ2) is 8.85. The lowest BCUT2D eigenvalue weighted by atomic mass is 9.44. The Morgan fingerprint density at radius 1 is 1.22 bits per heavy atom. The molecule has 0 amide bonds. The van der Waals surface area contributed by atoms with E-state index in [2.05, 4.69) is 0 Å². The number of carbonyl (C=O) groups is 4. The predicted molar refractivity (Wildman–Crippen MR) is 124 cm³/mol. The molecule has 8 atom stereocenters. The summed E-state index contributed by atoms with van der Waals surface area (Å²) in [7, 11) is 0. The Bertz CT molecular complexity index is 1050. The molecule has 1 N–H and O–H groups in total. The van der Waals surface area contributed by atoms with Crippen LogP contribution < -0.4 is 0 Å². The molecule has 2 unspecified atom stereocenters. The molecule has 4 aliphatic rings. The van der Waals surface area contributed by atoms with E-state index in [1.54, 1.807) is 13.8 Å². The first kappa shape index (κ1) is 26.6. The minimum absolute atomic E-state index is 0.0148. The Morgan fingerprint density at radius 2 is 1.92 bits per heavy atom. The highest BCUT2D eigenvalue weighted by Crippen LogP contribution is 2.70. The van der Waals surface area contributed by atoms with Crippen molar-refractivity contribution in [3.05, 3.63) is 23.8 Å². The lowest BCUT2D eigenvalue weighted by Gasteiger charge is -2.63. The van der Waals surface area contributed by atoms with Gasteiger partial charge in [-0.1, -0.05) is 19.9 Å². The minimum atomic E-state index is -2.30. The fraction of sp³-hybridized carbons (Fsp3) is 0.704. The Morgan fingerprint density at radius 3 is 2.56 bits per heavy atom. The standard InChI is InChI=1S/C27H34F2O7/c1-5-6-23(34)36-26(22(33)14-35-15(2)30)10-8-17-18-12-20(28)19-11-16(31)7-9-24(19,3)27(18,29)21(32)13-25(17,26)4/h7,9,11,17-18,20-21,32H,5-6,8,10,12-14H2,1-4H3/t17-,18-,20?,21?,24-,25-,26+,27+/m0/s1. The molecule has 0 spiro atoms. The molecule has 9 heteroatoms. The van der Waals surface area contributed by atoms with Crippen LogP contribution in [0.15, 0.2) is 23.8 Å². The van der Waals surface area contributed by atoms with Crippen LogP contribution in [-0.2, 0) is 28.7 Å². The molecule has 3 saturated carbocycles. The maximum atomic E-state index is 17.2. The van der Waals surface area contributed by atoms with Gasteiger partial charge in [0, 0.05) is 30.1 Å². The maximum Gasteiger partial charge on any atom is 0.306 e. The Hall–Kier alpha value is -2.42. The number of esters is 2. The molecule has 0 bridgehead atoms. The molecule has 0 radical (unpaired) electrons. The SMILES string of the molecule is CCCC(=O)O[C@@]1(C(=O)COC(C)=O)CC[C@H]2[C@@H]3CC(F)C4=CC(=O)C=C[C@]4(C)[C@]3(F)C(O)C[C@@]21C. The van der Waals surface area contributed by atoms with Crippen LogP contribution in [-0.4, -0.2) is 58.8 Å². The van der Waals surface area contributed by atoms with Gasteiger partial charge in [-0.2, -0.15) is 0 Å². The van der Waals surface area contributed by atoms with Gasteiger partial charge in [-0.25, -0.2) is 8.78 Å². The van der Waals surface area contributed by atoms with Gasteiger partial charge in [0.2, 0.25) is 5.78 Å². The first-order valence-electron chi connectivity index (χ1n) is 12.6. The summed E-state index contributed by atoms with van der Waals surface area (Å²) in [5.41, 5.74) is -6.80. The Labute approximate surface area is 209 Å². The van der Waals surface area contributed by atoms with Crippen LogP contribution in [0.1, 0.15) is 66.2 Å². The monoisotopic (exact) mass is 508 g/mol. The van der Waals surface area contributed by atoms with Gasteiger partial charge >= 0.3 is 11.9 Å². The molecule has 0 aromatic rings. The number of Topliss-reactive ketones (excluding diaryl/α,β-unsaturated/α-hetero) is 1. The topological polar surface area (TPSA) is 107 Å². The second-order valence-corrected chi connectivity index (χ2v) is 11.2. The van der Waals surface area contributed by atoms with Gasteiger partial charge in [0.1, 0.15) is 6.17 Å². The normalized spacial score (nSPS) is 43.1. The van der Waals surface area contributed by atoms with Gasteiger partial charge < -0.3 is 14.6 Å². The lowest BCUT2D eigenvalue weighted by Crippen LogP contribution is -2.70. The van der Waals surface area contributed by atoms with Crippen LogP contribution in [0.5, 0.6) is 0 Å². The second-order valence-electron chi connectivity index (χ2n) is 11.2. The van der Waals surface area contributed by atoms with Crippen molar-refractivity contribution in [2.45, 2.75) is 89.8 Å². The quantitative estimate of drug-likeness (QED) is 0.547. The van der Waals surface area contributed by atoms with Crippen LogP contribution in [0.2, 0.25) is 0 Å². The summed E-state index contributed by atoms with van der Waals surface area (Å²) in [5.74, 6) is -3.96. The van der Waals surface area contributed by atoms with Gasteiger partial charge in [0.25, 0.3) is 0 Å². The van der Waals surface area contributed by atoms with E-state index in [1.807, 2.05) is 0 Å². The molecule has 0 heterocycles. The van der Waals surface area contributed by atoms with Crippen molar-refractivity contribution in [2.24, 2.45) is 22.7 Å². The third-order valence-electron chi connectivity index (χ3n) is 9.35. The third-order valence-corrected chi connectivity index (χ3v) is 9.35. The zero-order chi connectivity index (χ0) is 26.7. The summed E-state index contributed by atoms with van der Waals surface area (Å²) in [6, 6.07) is 0. The number of fused-ring (bicyclic) bond motifs is 5. The van der Waals surface area contributed by atoms with Gasteiger partial charge in [-0.3, -0.25) is 19.2 Å². The number of hydrogen-bond acceptors (Lipinski definition) is 7. The minimum Gasteiger partial charge on any atom is -0.458 e. The molecule has 0 aromatic carbocycles. The van der Waals surface area contributed by atoms with E-state index >= 15 is 8.78 Å². The van der Waals surface area contributed by atoms with E-state index in [-0.39, 0.29) is 37.7 Å². The van der Waals surface area contributed by atoms with E-state index < -0.39 is 76.3 Å². The van der Waals surface area contributed by atoms with Crippen LogP contribution >= 0.6 is 0 Å². The van der Waals surface area contributed by atoms with Crippen molar-refractivity contribution >= 4 is 23.5 Å². The molecule has 7 nitrogen and oxygen atoms in total. The van der Waals surface area contributed by atoms with Gasteiger partial charge in [-0.05, 0) is 62.7 Å². The van der Waals surface area contributed by atoms with E-state index in [4.69, 9.17) is 9.47 Å². The highest BCUT2D eigenvalue weighted by Gasteiger charge is 2.76. The van der Waals surface area contributed by atoms with E-state index in [9.17, 15) is 24.3 Å². The Kier molecular flexibility index (Phi) is 6.55. The van der Waals surface area contributed by atoms with Crippen LogP contribution in [0.25, 0.3) is 0 Å². The largest absolute Gasteiger partial charge is 0.458 e. The third kappa shape index (κ3) is 3.52. The number of ether oxygens (including phenoxy) is 2. The zero-order valence-electron chi connectivity index (χ0n) is 21.1. The van der Waals surface area contributed by atoms with Crippen LogP contribution in [0.4, 0.5) is 8.78 Å². The number of ketones is 2. The van der Waals surface area contributed by atoms with Crippen molar-refractivity contribution in [1.82, 2.24) is 0 Å². The molecular weight excluding hydrogens is 474 g/mol. The van der Waals surface area contributed by atoms with E-state index in [0.29, 0.717) is 6.42 Å². The first-order valence-corrected chi connectivity index (χ1v) is 12.6. The number of aliphatic hydroxyl groups is 1. The van der Waals surface area contributed by atoms with E-state index in [0.717, 1.165) is 13.0 Å². The van der Waals surface area contributed by atoms with Gasteiger partial charge in [0.05, 0.1) is 6.10 Å². The van der Waals surface area contributed by atoms with Gasteiger partial charge in [-0.15, -0.1) is 0 Å². The summed E-state index contributed by atoms with van der Waals surface area (Å²) in [5, 5.41) is 11.4. The zero-order valence-corrected chi connectivity index (χ0v) is 21.1. The number of allylic oxidation sites excluding steroid dienone is 4. The molecule has 36 heavy (non-hydrogen) atoms. The number of carbonyl (C=O) groups excluding carboxylic acids is 4. The summed E-state index contributed by atoms with van der Waals surface area (Å²) >= 11 is 0. The number of halogens is 2. The average molecular weight is 509 g/mol. The fourth-order valence-corrected chi connectivity index (χ4v) is 7.61.